The highest BCUT2D eigenvalue weighted by Crippen LogP contribution is 2.29. The average molecular weight is 227 g/mol. The summed E-state index contributed by atoms with van der Waals surface area (Å²) in [6.45, 7) is 0.0487. The molecule has 1 aliphatic heterocycles. The van der Waals surface area contributed by atoms with Crippen molar-refractivity contribution < 1.29 is 28.2 Å². The molecule has 0 spiro atoms. The summed E-state index contributed by atoms with van der Waals surface area (Å²) < 4.78 is 36.6. The Kier molecular flexibility index (Phi) is 3.43. The van der Waals surface area contributed by atoms with Gasteiger partial charge in [-0.2, -0.15) is 13.2 Å². The molecule has 0 aromatic carbocycles. The third-order valence-corrected chi connectivity index (χ3v) is 2.49. The Morgan fingerprint density at radius 2 is 2.00 bits per heavy atom. The van der Waals surface area contributed by atoms with E-state index < -0.39 is 24.4 Å². The number of aliphatic hydroxyl groups excluding tert-OH is 1. The first-order chi connectivity index (χ1) is 6.84. The molecule has 1 amide bonds. The second kappa shape index (κ2) is 4.26. The molecule has 1 saturated heterocycles. The normalized spacial score (nSPS) is 25.1. The maximum absolute atomic E-state index is 12.2. The minimum atomic E-state index is -4.77. The Morgan fingerprint density at radius 3 is 2.47 bits per heavy atom. The summed E-state index contributed by atoms with van der Waals surface area (Å²) in [5, 5.41) is 17.7. The monoisotopic (exact) mass is 227 g/mol. The van der Waals surface area contributed by atoms with Crippen LogP contribution >= 0.6 is 0 Å². The van der Waals surface area contributed by atoms with Crippen LogP contribution in [0, 0.1) is 0 Å². The molecule has 2 N–H and O–H groups in total. The van der Waals surface area contributed by atoms with Gasteiger partial charge < -0.3 is 15.1 Å². The van der Waals surface area contributed by atoms with Crippen molar-refractivity contribution in [2.75, 3.05) is 6.54 Å². The lowest BCUT2D eigenvalue weighted by molar-refractivity contribution is -0.222. The number of alkyl halides is 3. The molecule has 0 radical (unpaired) electrons. The van der Waals surface area contributed by atoms with Crippen LogP contribution in [0.2, 0.25) is 0 Å². The third-order valence-electron chi connectivity index (χ3n) is 2.49. The summed E-state index contributed by atoms with van der Waals surface area (Å²) in [6, 6.07) is -1.36. The molecule has 0 aliphatic carbocycles. The molecule has 0 aromatic rings. The molecule has 1 heterocycles. The number of aliphatic hydroxyl groups is 1. The van der Waals surface area contributed by atoms with Gasteiger partial charge in [-0.05, 0) is 19.3 Å². The minimum absolute atomic E-state index is 0.0486. The number of hydrogen-bond acceptors (Lipinski definition) is 2. The number of hydrogen-bond donors (Lipinski definition) is 2. The molecule has 7 heteroatoms. The number of amides is 1. The van der Waals surface area contributed by atoms with Crippen LogP contribution in [0.1, 0.15) is 19.3 Å². The van der Waals surface area contributed by atoms with Gasteiger partial charge in [-0.1, -0.05) is 0 Å². The zero-order valence-corrected chi connectivity index (χ0v) is 7.87. The lowest BCUT2D eigenvalue weighted by atomic mass is 9.97. The van der Waals surface area contributed by atoms with Crippen LogP contribution in [0.15, 0.2) is 0 Å². The molecule has 0 aromatic heterocycles. The van der Waals surface area contributed by atoms with E-state index in [-0.39, 0.29) is 13.0 Å². The summed E-state index contributed by atoms with van der Waals surface area (Å²) >= 11 is 0. The van der Waals surface area contributed by atoms with Crippen LogP contribution in [0.3, 0.4) is 0 Å². The number of piperidine rings is 1. The van der Waals surface area contributed by atoms with Gasteiger partial charge in [-0.25, -0.2) is 4.79 Å². The first-order valence-corrected chi connectivity index (χ1v) is 4.58. The van der Waals surface area contributed by atoms with Gasteiger partial charge in [0.1, 0.15) is 0 Å². The van der Waals surface area contributed by atoms with Crippen molar-refractivity contribution in [2.24, 2.45) is 0 Å². The van der Waals surface area contributed by atoms with Crippen LogP contribution in [0.5, 0.6) is 0 Å². The van der Waals surface area contributed by atoms with Crippen LogP contribution < -0.4 is 0 Å². The first-order valence-electron chi connectivity index (χ1n) is 4.58. The quantitative estimate of drug-likeness (QED) is 0.712. The zero-order valence-electron chi connectivity index (χ0n) is 7.87. The lowest BCUT2D eigenvalue weighted by Crippen LogP contribution is -2.54. The fourth-order valence-electron chi connectivity index (χ4n) is 1.74. The van der Waals surface area contributed by atoms with E-state index in [1.165, 1.54) is 0 Å². The lowest BCUT2D eigenvalue weighted by Gasteiger charge is -2.36. The van der Waals surface area contributed by atoms with Crippen LogP contribution in [-0.4, -0.2) is 46.1 Å². The second-order valence-electron chi connectivity index (χ2n) is 3.53. The number of nitrogens with zero attached hydrogens (tertiary/aromatic N) is 1. The molecular formula is C8H12F3NO3. The smallest absolute Gasteiger partial charge is 0.416 e. The first kappa shape index (κ1) is 12.1. The fourth-order valence-corrected chi connectivity index (χ4v) is 1.74. The molecule has 88 valence electrons. The van der Waals surface area contributed by atoms with Crippen molar-refractivity contribution in [1.29, 1.82) is 0 Å². The number of likely N-dealkylation sites (tertiary alicyclic amines) is 1. The van der Waals surface area contributed by atoms with Gasteiger partial charge in [0, 0.05) is 6.54 Å². The summed E-state index contributed by atoms with van der Waals surface area (Å²) in [5.74, 6) is 0. The number of carboxylic acid groups (broad SMARTS) is 1. The van der Waals surface area contributed by atoms with E-state index in [1.54, 1.807) is 0 Å². The van der Waals surface area contributed by atoms with Crippen molar-refractivity contribution >= 4 is 6.09 Å². The van der Waals surface area contributed by atoms with Crippen LogP contribution in [0.25, 0.3) is 0 Å². The van der Waals surface area contributed by atoms with Crippen molar-refractivity contribution in [2.45, 2.75) is 37.6 Å². The van der Waals surface area contributed by atoms with Gasteiger partial charge in [0.25, 0.3) is 0 Å². The van der Waals surface area contributed by atoms with Gasteiger partial charge in [0.2, 0.25) is 0 Å². The number of carbonyl (C=O) groups is 1. The SMILES string of the molecule is O=C(O)N1CCCCC1C(O)C(F)(F)F. The molecule has 0 saturated carbocycles. The highest BCUT2D eigenvalue weighted by Gasteiger charge is 2.47. The number of rotatable bonds is 1. The van der Waals surface area contributed by atoms with E-state index in [4.69, 9.17) is 10.2 Å². The van der Waals surface area contributed by atoms with Crippen molar-refractivity contribution in [3.63, 3.8) is 0 Å². The second-order valence-corrected chi connectivity index (χ2v) is 3.53. The minimum Gasteiger partial charge on any atom is -0.465 e. The molecule has 0 bridgehead atoms. The van der Waals surface area contributed by atoms with E-state index >= 15 is 0 Å². The highest BCUT2D eigenvalue weighted by atomic mass is 19.4. The summed E-state index contributed by atoms with van der Waals surface area (Å²) in [5.41, 5.74) is 0. The Hall–Kier alpha value is -0.980. The topological polar surface area (TPSA) is 60.8 Å². The maximum atomic E-state index is 12.2. The Labute approximate surface area is 84.3 Å². The third kappa shape index (κ3) is 2.74. The predicted molar refractivity (Wildman–Crippen MR) is 44.4 cm³/mol. The fraction of sp³-hybridized carbons (Fsp3) is 0.875. The molecule has 1 aliphatic rings. The van der Waals surface area contributed by atoms with E-state index in [0.717, 1.165) is 0 Å². The summed E-state index contributed by atoms with van der Waals surface area (Å²) in [4.78, 5) is 11.3. The predicted octanol–water partition coefficient (Wildman–Crippen LogP) is 1.44. The van der Waals surface area contributed by atoms with Crippen LogP contribution in [-0.2, 0) is 0 Å². The van der Waals surface area contributed by atoms with Crippen LogP contribution in [0.4, 0.5) is 18.0 Å². The Balaban J connectivity index is 2.76. The molecule has 2 unspecified atom stereocenters. The molecule has 4 nitrogen and oxygen atoms in total. The molecule has 1 rings (SSSR count). The van der Waals surface area contributed by atoms with E-state index in [0.29, 0.717) is 17.7 Å². The summed E-state index contributed by atoms with van der Waals surface area (Å²) in [7, 11) is 0. The van der Waals surface area contributed by atoms with Crippen molar-refractivity contribution in [1.82, 2.24) is 4.90 Å². The van der Waals surface area contributed by atoms with E-state index in [1.807, 2.05) is 0 Å². The standard InChI is InChI=1S/C8H12F3NO3/c9-8(10,11)6(13)5-3-1-2-4-12(5)7(14)15/h5-6,13H,1-4H2,(H,14,15). The van der Waals surface area contributed by atoms with Gasteiger partial charge in [-0.3, -0.25) is 0 Å². The summed E-state index contributed by atoms with van der Waals surface area (Å²) in [6.07, 6.45) is -7.69. The number of halogens is 3. The largest absolute Gasteiger partial charge is 0.465 e. The van der Waals surface area contributed by atoms with Crippen molar-refractivity contribution in [3.8, 4) is 0 Å². The van der Waals surface area contributed by atoms with Gasteiger partial charge in [0.05, 0.1) is 6.04 Å². The molecular weight excluding hydrogens is 215 g/mol. The Bertz CT molecular complexity index is 244. The van der Waals surface area contributed by atoms with Crippen molar-refractivity contribution in [3.05, 3.63) is 0 Å². The Morgan fingerprint density at radius 1 is 1.40 bits per heavy atom. The van der Waals surface area contributed by atoms with E-state index in [9.17, 15) is 18.0 Å². The van der Waals surface area contributed by atoms with Gasteiger partial charge >= 0.3 is 12.3 Å². The maximum Gasteiger partial charge on any atom is 0.416 e. The zero-order chi connectivity index (χ0) is 11.6. The molecule has 2 atom stereocenters. The average Bonchev–Trinajstić information content (AvgIpc) is 2.15. The molecule has 1 fully saturated rings. The molecule has 15 heavy (non-hydrogen) atoms. The van der Waals surface area contributed by atoms with Gasteiger partial charge in [0.15, 0.2) is 6.10 Å². The van der Waals surface area contributed by atoms with Gasteiger partial charge in [-0.15, -0.1) is 0 Å². The van der Waals surface area contributed by atoms with E-state index in [2.05, 4.69) is 0 Å². The highest BCUT2D eigenvalue weighted by molar-refractivity contribution is 5.65.